The molecule has 0 spiro atoms. The van der Waals surface area contributed by atoms with Gasteiger partial charge in [-0.05, 0) is 67.8 Å². The van der Waals surface area contributed by atoms with Gasteiger partial charge in [0.1, 0.15) is 11.5 Å². The number of fused-ring (bicyclic) bond motifs is 2. The van der Waals surface area contributed by atoms with Crippen LogP contribution in [0.15, 0.2) is 37.1 Å². The molecule has 4 aromatic rings. The maximum atomic E-state index is 12.5. The lowest BCUT2D eigenvalue weighted by atomic mass is 10.1. The number of hydrogen-bond donors (Lipinski definition) is 1. The molecule has 1 atom stereocenters. The van der Waals surface area contributed by atoms with E-state index in [9.17, 15) is 9.59 Å². The Hall–Kier alpha value is -4.03. The third-order valence-corrected chi connectivity index (χ3v) is 7.95. The highest BCUT2D eigenvalue weighted by Gasteiger charge is 2.31. The van der Waals surface area contributed by atoms with Gasteiger partial charge in [0.25, 0.3) is 0 Å². The van der Waals surface area contributed by atoms with Crippen LogP contribution < -0.4 is 5.73 Å². The number of likely N-dealkylation sites (tertiary alicyclic amines) is 1. The lowest BCUT2D eigenvalue weighted by Gasteiger charge is -2.16. The van der Waals surface area contributed by atoms with Gasteiger partial charge in [-0.1, -0.05) is 18.6 Å². The van der Waals surface area contributed by atoms with Crippen LogP contribution in [0, 0.1) is 11.8 Å². The van der Waals surface area contributed by atoms with Crippen molar-refractivity contribution in [2.45, 2.75) is 38.1 Å². The highest BCUT2D eigenvalue weighted by atomic mass is 32.1. The van der Waals surface area contributed by atoms with E-state index in [0.29, 0.717) is 47.6 Å². The molecule has 3 aromatic heterocycles. The molecular formula is C27H24N6O2S. The maximum Gasteiger partial charge on any atom is 0.246 e. The van der Waals surface area contributed by atoms with Crippen molar-refractivity contribution in [2.24, 2.45) is 0 Å². The van der Waals surface area contributed by atoms with E-state index in [-0.39, 0.29) is 23.6 Å². The van der Waals surface area contributed by atoms with Crippen LogP contribution >= 0.6 is 11.5 Å². The molecule has 1 aliphatic heterocycles. The predicted molar refractivity (Wildman–Crippen MR) is 140 cm³/mol. The molecule has 2 N–H and O–H groups in total. The SMILES string of the molecule is C=CC(=O)N1CC[C@H](n2nc(C#Cc3ccc4c(C5CC5)snc4c3)c3c(N)ncc(C(C)=O)c32)C1. The third-order valence-electron chi connectivity index (χ3n) is 6.91. The van der Waals surface area contributed by atoms with E-state index in [1.807, 2.05) is 12.1 Å². The van der Waals surface area contributed by atoms with E-state index < -0.39 is 0 Å². The number of amides is 1. The Balaban J connectivity index is 1.44. The predicted octanol–water partition coefficient (Wildman–Crippen LogP) is 4.06. The van der Waals surface area contributed by atoms with Crippen LogP contribution in [0.1, 0.15) is 64.6 Å². The van der Waals surface area contributed by atoms with Crippen molar-refractivity contribution < 1.29 is 9.59 Å². The summed E-state index contributed by atoms with van der Waals surface area (Å²) in [4.78, 5) is 32.0. The van der Waals surface area contributed by atoms with Crippen LogP contribution in [0.5, 0.6) is 0 Å². The minimum atomic E-state index is -0.134. The van der Waals surface area contributed by atoms with Gasteiger partial charge >= 0.3 is 0 Å². The molecule has 1 saturated carbocycles. The Morgan fingerprint density at radius 1 is 1.25 bits per heavy atom. The summed E-state index contributed by atoms with van der Waals surface area (Å²) in [5.41, 5.74) is 9.58. The van der Waals surface area contributed by atoms with Crippen LogP contribution in [0.2, 0.25) is 0 Å². The number of carbonyl (C=O) groups excluding carboxylic acids is 2. The van der Waals surface area contributed by atoms with Crippen molar-refractivity contribution in [3.05, 3.63) is 58.7 Å². The summed E-state index contributed by atoms with van der Waals surface area (Å²) in [6.07, 6.45) is 5.99. The molecule has 1 amide bonds. The fourth-order valence-corrected chi connectivity index (χ4v) is 5.89. The largest absolute Gasteiger partial charge is 0.383 e. The van der Waals surface area contributed by atoms with Gasteiger partial charge in [0.05, 0.1) is 28.0 Å². The van der Waals surface area contributed by atoms with Gasteiger partial charge in [-0.15, -0.1) is 0 Å². The van der Waals surface area contributed by atoms with Gasteiger partial charge in [0.2, 0.25) is 5.91 Å². The number of aromatic nitrogens is 4. The first-order chi connectivity index (χ1) is 17.4. The monoisotopic (exact) mass is 496 g/mol. The first-order valence-corrected chi connectivity index (χ1v) is 12.7. The summed E-state index contributed by atoms with van der Waals surface area (Å²) in [5, 5.41) is 6.58. The molecule has 8 nitrogen and oxygen atoms in total. The molecule has 4 heterocycles. The van der Waals surface area contributed by atoms with E-state index in [0.717, 1.165) is 11.1 Å². The van der Waals surface area contributed by atoms with Gasteiger partial charge < -0.3 is 10.6 Å². The number of ketones is 1. The van der Waals surface area contributed by atoms with Crippen molar-refractivity contribution in [1.82, 2.24) is 24.0 Å². The molecule has 0 radical (unpaired) electrons. The van der Waals surface area contributed by atoms with Gasteiger partial charge in [-0.2, -0.15) is 9.47 Å². The average molecular weight is 497 g/mol. The molecule has 180 valence electrons. The third kappa shape index (κ3) is 3.74. The molecule has 9 heteroatoms. The first kappa shape index (κ1) is 22.4. The zero-order valence-electron chi connectivity index (χ0n) is 19.8. The van der Waals surface area contributed by atoms with Crippen molar-refractivity contribution >= 4 is 50.8 Å². The summed E-state index contributed by atoms with van der Waals surface area (Å²) in [5.74, 6) is 7.05. The Morgan fingerprint density at radius 2 is 2.08 bits per heavy atom. The Labute approximate surface area is 212 Å². The summed E-state index contributed by atoms with van der Waals surface area (Å²) < 4.78 is 6.42. The summed E-state index contributed by atoms with van der Waals surface area (Å²) >= 11 is 1.58. The fraction of sp³-hybridized carbons (Fsp3) is 0.296. The Kier molecular flexibility index (Phi) is 5.34. The van der Waals surface area contributed by atoms with E-state index in [2.05, 4.69) is 33.8 Å². The van der Waals surface area contributed by atoms with Gasteiger partial charge in [0.15, 0.2) is 5.78 Å². The molecule has 0 unspecified atom stereocenters. The van der Waals surface area contributed by atoms with Crippen molar-refractivity contribution in [3.63, 3.8) is 0 Å². The minimum absolute atomic E-state index is 0.112. The normalized spacial score (nSPS) is 17.4. The lowest BCUT2D eigenvalue weighted by Crippen LogP contribution is -2.27. The van der Waals surface area contributed by atoms with E-state index >= 15 is 0 Å². The van der Waals surface area contributed by atoms with Crippen molar-refractivity contribution in [2.75, 3.05) is 18.8 Å². The second-order valence-corrected chi connectivity index (χ2v) is 10.2. The van der Waals surface area contributed by atoms with Crippen molar-refractivity contribution in [3.8, 4) is 11.8 Å². The number of rotatable bonds is 4. The fourth-order valence-electron chi connectivity index (χ4n) is 4.89. The number of anilines is 1. The highest BCUT2D eigenvalue weighted by molar-refractivity contribution is 7.07. The van der Waals surface area contributed by atoms with Crippen LogP contribution in [-0.2, 0) is 4.79 Å². The highest BCUT2D eigenvalue weighted by Crippen LogP contribution is 2.45. The van der Waals surface area contributed by atoms with E-state index in [4.69, 9.17) is 10.8 Å². The molecule has 6 rings (SSSR count). The summed E-state index contributed by atoms with van der Waals surface area (Å²) in [6, 6.07) is 6.00. The first-order valence-electron chi connectivity index (χ1n) is 11.9. The van der Waals surface area contributed by atoms with Crippen LogP contribution in [0.25, 0.3) is 21.8 Å². The Morgan fingerprint density at radius 3 is 2.83 bits per heavy atom. The number of nitrogen functional groups attached to an aromatic ring is 1. The number of Topliss-reactive ketones (excluding diaryl/α,β-unsaturated/α-hetero) is 1. The van der Waals surface area contributed by atoms with Gasteiger partial charge in [0, 0.05) is 35.1 Å². The molecule has 1 saturated heterocycles. The minimum Gasteiger partial charge on any atom is -0.383 e. The van der Waals surface area contributed by atoms with Gasteiger partial charge in [-0.3, -0.25) is 14.3 Å². The second kappa shape index (κ2) is 8.57. The smallest absolute Gasteiger partial charge is 0.246 e. The zero-order valence-corrected chi connectivity index (χ0v) is 20.6. The number of hydrogen-bond acceptors (Lipinski definition) is 7. The number of benzene rings is 1. The van der Waals surface area contributed by atoms with Crippen LogP contribution in [-0.4, -0.2) is 48.8 Å². The van der Waals surface area contributed by atoms with Crippen LogP contribution in [0.4, 0.5) is 5.82 Å². The zero-order chi connectivity index (χ0) is 25.0. The molecule has 36 heavy (non-hydrogen) atoms. The van der Waals surface area contributed by atoms with E-state index in [1.54, 1.807) is 21.1 Å². The topological polar surface area (TPSA) is 107 Å². The number of nitrogens with two attached hydrogens (primary N) is 1. The summed E-state index contributed by atoms with van der Waals surface area (Å²) in [6.45, 7) is 6.14. The van der Waals surface area contributed by atoms with Crippen LogP contribution in [0.3, 0.4) is 0 Å². The number of carbonyl (C=O) groups is 2. The standard InChI is InChI=1S/C27H24N6O2S/c1-3-23(35)32-11-10-18(14-32)33-25-20(15(2)34)13-29-27(28)24(25)21(30-33)9-5-16-4-8-19-22(12-16)31-36-26(19)17-6-7-17/h3-4,8,12-13,17-18H,1,6-7,10-11,14H2,2H3,(H2,28,29)/t18-/m0/s1. The molecule has 0 bridgehead atoms. The quantitative estimate of drug-likeness (QED) is 0.259. The molecular weight excluding hydrogens is 472 g/mol. The van der Waals surface area contributed by atoms with Gasteiger partial charge in [-0.25, -0.2) is 4.98 Å². The molecule has 2 fully saturated rings. The second-order valence-electron chi connectivity index (χ2n) is 9.36. The number of pyridine rings is 1. The molecule has 1 aliphatic carbocycles. The Bertz CT molecular complexity index is 1630. The molecule has 2 aliphatic rings. The lowest BCUT2D eigenvalue weighted by molar-refractivity contribution is -0.125. The molecule has 1 aromatic carbocycles. The van der Waals surface area contributed by atoms with Crippen molar-refractivity contribution in [1.29, 1.82) is 0 Å². The maximum absolute atomic E-state index is 12.5. The number of nitrogens with zero attached hydrogens (tertiary/aromatic N) is 5. The average Bonchev–Trinajstić information content (AvgIpc) is 3.28. The summed E-state index contributed by atoms with van der Waals surface area (Å²) in [7, 11) is 0. The van der Waals surface area contributed by atoms with E-state index in [1.165, 1.54) is 42.3 Å².